The van der Waals surface area contributed by atoms with Gasteiger partial charge >= 0.3 is 0 Å². The molecule has 0 aromatic heterocycles. The molecule has 136 valence electrons. The minimum atomic E-state index is -1.28. The summed E-state index contributed by atoms with van der Waals surface area (Å²) in [5, 5.41) is 9.24. The summed E-state index contributed by atoms with van der Waals surface area (Å²) in [6.45, 7) is 4.25. The fourth-order valence-electron chi connectivity index (χ4n) is 2.27. The third kappa shape index (κ3) is 4.41. The van der Waals surface area contributed by atoms with Gasteiger partial charge in [0.2, 0.25) is 0 Å². The number of halogens is 1. The zero-order chi connectivity index (χ0) is 19.3. The van der Waals surface area contributed by atoms with Gasteiger partial charge in [0.05, 0.1) is 5.56 Å². The molecule has 26 heavy (non-hydrogen) atoms. The number of nitrogens with one attached hydrogen (secondary N) is 1. The highest BCUT2D eigenvalue weighted by Crippen LogP contribution is 2.29. The predicted octanol–water partition coefficient (Wildman–Crippen LogP) is 4.16. The van der Waals surface area contributed by atoms with Crippen molar-refractivity contribution < 1.29 is 23.9 Å². The number of carbonyl (C=O) groups is 2. The molecule has 0 spiro atoms. The van der Waals surface area contributed by atoms with Gasteiger partial charge in [-0.05, 0) is 56.7 Å². The minimum absolute atomic E-state index is 0.233. The number of rotatable bonds is 7. The largest absolute Gasteiger partial charge is 0.457 e. The molecule has 0 aliphatic heterocycles. The lowest BCUT2D eigenvalue weighted by Crippen LogP contribution is -2.44. The predicted molar refractivity (Wildman–Crippen MR) is 96.0 cm³/mol. The Balaban J connectivity index is 2.43. The number of ether oxygens (including phenoxy) is 1. The van der Waals surface area contributed by atoms with Crippen molar-refractivity contribution in [1.82, 2.24) is 5.48 Å². The SMILES string of the molecule is CC(=O)c1c(C=C[C@](C)(NO)C(C)=O)cccc1Oc1ccc(F)cc1. The summed E-state index contributed by atoms with van der Waals surface area (Å²) in [6.07, 6.45) is 3.04. The average molecular weight is 357 g/mol. The van der Waals surface area contributed by atoms with E-state index in [1.807, 2.05) is 5.48 Å². The normalized spacial score (nSPS) is 13.4. The van der Waals surface area contributed by atoms with E-state index in [0.717, 1.165) is 0 Å². The highest BCUT2D eigenvalue weighted by molar-refractivity contribution is 6.01. The first-order valence-electron chi connectivity index (χ1n) is 7.96. The van der Waals surface area contributed by atoms with Gasteiger partial charge in [-0.15, -0.1) is 0 Å². The standard InChI is InChI=1S/C20H20FNO4/c1-13(23)19-15(11-12-20(3,22-25)14(2)24)5-4-6-18(19)26-17-9-7-16(21)8-10-17/h4-12,22,25H,1-3H3/t20-/m0/s1. The van der Waals surface area contributed by atoms with E-state index in [1.54, 1.807) is 24.3 Å². The maximum Gasteiger partial charge on any atom is 0.164 e. The number of hydroxylamine groups is 1. The summed E-state index contributed by atoms with van der Waals surface area (Å²) in [5.74, 6) is -0.211. The molecule has 2 N–H and O–H groups in total. The van der Waals surface area contributed by atoms with Crippen LogP contribution in [0.15, 0.2) is 48.5 Å². The molecule has 0 radical (unpaired) electrons. The van der Waals surface area contributed by atoms with Crippen LogP contribution in [0.1, 0.15) is 36.7 Å². The zero-order valence-corrected chi connectivity index (χ0v) is 14.7. The number of carbonyl (C=O) groups excluding carboxylic acids is 2. The van der Waals surface area contributed by atoms with E-state index in [-0.39, 0.29) is 17.4 Å². The molecule has 0 heterocycles. The van der Waals surface area contributed by atoms with E-state index in [1.165, 1.54) is 51.1 Å². The maximum atomic E-state index is 13.0. The van der Waals surface area contributed by atoms with Crippen molar-refractivity contribution in [1.29, 1.82) is 0 Å². The average Bonchev–Trinajstić information content (AvgIpc) is 2.61. The summed E-state index contributed by atoms with van der Waals surface area (Å²) in [5.41, 5.74) is 1.54. The van der Waals surface area contributed by atoms with Crippen molar-refractivity contribution in [2.75, 3.05) is 0 Å². The van der Waals surface area contributed by atoms with Gasteiger partial charge in [0, 0.05) is 0 Å². The molecule has 5 nitrogen and oxygen atoms in total. The van der Waals surface area contributed by atoms with E-state index in [0.29, 0.717) is 22.6 Å². The molecule has 0 bridgehead atoms. The van der Waals surface area contributed by atoms with Gasteiger partial charge in [0.15, 0.2) is 11.6 Å². The van der Waals surface area contributed by atoms with Crippen LogP contribution in [-0.4, -0.2) is 22.3 Å². The molecule has 2 aromatic rings. The Kier molecular flexibility index (Phi) is 6.02. The lowest BCUT2D eigenvalue weighted by molar-refractivity contribution is -0.124. The molecule has 6 heteroatoms. The first kappa shape index (κ1) is 19.5. The van der Waals surface area contributed by atoms with Crippen molar-refractivity contribution in [3.05, 3.63) is 65.5 Å². The first-order chi connectivity index (χ1) is 12.3. The summed E-state index contributed by atoms with van der Waals surface area (Å²) < 4.78 is 18.8. The summed E-state index contributed by atoms with van der Waals surface area (Å²) in [7, 11) is 0. The van der Waals surface area contributed by atoms with Crippen LogP contribution in [0.4, 0.5) is 4.39 Å². The highest BCUT2D eigenvalue weighted by Gasteiger charge is 2.25. The fourth-order valence-corrected chi connectivity index (χ4v) is 2.27. The lowest BCUT2D eigenvalue weighted by atomic mass is 9.95. The van der Waals surface area contributed by atoms with Crippen LogP contribution in [0.25, 0.3) is 6.08 Å². The van der Waals surface area contributed by atoms with Gasteiger partial charge in [-0.2, -0.15) is 5.48 Å². The summed E-state index contributed by atoms with van der Waals surface area (Å²) in [6, 6.07) is 10.5. The Morgan fingerprint density at radius 2 is 1.81 bits per heavy atom. The van der Waals surface area contributed by atoms with Gasteiger partial charge in [-0.25, -0.2) is 4.39 Å². The monoisotopic (exact) mass is 357 g/mol. The zero-order valence-electron chi connectivity index (χ0n) is 14.7. The van der Waals surface area contributed by atoms with Crippen LogP contribution in [0.2, 0.25) is 0 Å². The Bertz CT molecular complexity index is 845. The molecule has 0 aliphatic carbocycles. The second kappa shape index (κ2) is 8.03. The fraction of sp³-hybridized carbons (Fsp3) is 0.200. The molecule has 2 rings (SSSR count). The smallest absolute Gasteiger partial charge is 0.164 e. The van der Waals surface area contributed by atoms with Crippen LogP contribution < -0.4 is 10.2 Å². The maximum absolute atomic E-state index is 13.0. The topological polar surface area (TPSA) is 75.6 Å². The lowest BCUT2D eigenvalue weighted by Gasteiger charge is -2.20. The molecule has 0 unspecified atom stereocenters. The van der Waals surface area contributed by atoms with E-state index in [9.17, 15) is 19.2 Å². The molecule has 0 saturated carbocycles. The molecule has 0 amide bonds. The quantitative estimate of drug-likeness (QED) is 0.575. The number of hydrogen-bond donors (Lipinski definition) is 2. The molecular formula is C20H20FNO4. The third-order valence-electron chi connectivity index (χ3n) is 4.01. The molecule has 2 aromatic carbocycles. The third-order valence-corrected chi connectivity index (χ3v) is 4.01. The van der Waals surface area contributed by atoms with Crippen LogP contribution >= 0.6 is 0 Å². The minimum Gasteiger partial charge on any atom is -0.457 e. The van der Waals surface area contributed by atoms with Crippen molar-refractivity contribution in [3.63, 3.8) is 0 Å². The van der Waals surface area contributed by atoms with E-state index in [4.69, 9.17) is 4.74 Å². The van der Waals surface area contributed by atoms with Crippen LogP contribution in [-0.2, 0) is 4.79 Å². The Hall–Kier alpha value is -2.83. The number of ketones is 2. The second-order valence-corrected chi connectivity index (χ2v) is 6.04. The molecular weight excluding hydrogens is 337 g/mol. The van der Waals surface area contributed by atoms with E-state index >= 15 is 0 Å². The van der Waals surface area contributed by atoms with Crippen molar-refractivity contribution >= 4 is 17.6 Å². The second-order valence-electron chi connectivity index (χ2n) is 6.04. The Morgan fingerprint density at radius 1 is 1.15 bits per heavy atom. The Morgan fingerprint density at radius 3 is 2.35 bits per heavy atom. The van der Waals surface area contributed by atoms with Crippen LogP contribution in [0.3, 0.4) is 0 Å². The number of benzene rings is 2. The summed E-state index contributed by atoms with van der Waals surface area (Å²) in [4.78, 5) is 23.8. The van der Waals surface area contributed by atoms with Gasteiger partial charge in [0.1, 0.15) is 22.9 Å². The van der Waals surface area contributed by atoms with Gasteiger partial charge in [-0.3, -0.25) is 9.59 Å². The van der Waals surface area contributed by atoms with Gasteiger partial charge < -0.3 is 9.94 Å². The van der Waals surface area contributed by atoms with Crippen molar-refractivity contribution in [3.8, 4) is 11.5 Å². The first-order valence-corrected chi connectivity index (χ1v) is 7.96. The van der Waals surface area contributed by atoms with E-state index in [2.05, 4.69) is 0 Å². The molecule has 0 aliphatic rings. The van der Waals surface area contributed by atoms with Gasteiger partial charge in [0.25, 0.3) is 0 Å². The van der Waals surface area contributed by atoms with E-state index < -0.39 is 5.54 Å². The van der Waals surface area contributed by atoms with Crippen LogP contribution in [0, 0.1) is 5.82 Å². The molecule has 0 saturated heterocycles. The van der Waals surface area contributed by atoms with Crippen molar-refractivity contribution in [2.45, 2.75) is 26.3 Å². The molecule has 1 atom stereocenters. The summed E-state index contributed by atoms with van der Waals surface area (Å²) >= 11 is 0. The van der Waals surface area contributed by atoms with Gasteiger partial charge in [-0.1, -0.05) is 24.3 Å². The van der Waals surface area contributed by atoms with Crippen LogP contribution in [0.5, 0.6) is 11.5 Å². The number of Topliss-reactive ketones (excluding diaryl/α,β-unsaturated/α-hetero) is 2. The Labute approximate surface area is 151 Å². The molecule has 0 fully saturated rings. The number of hydrogen-bond acceptors (Lipinski definition) is 5. The van der Waals surface area contributed by atoms with Crippen molar-refractivity contribution in [2.24, 2.45) is 0 Å². The highest BCUT2D eigenvalue weighted by atomic mass is 19.1.